The number of halogens is 3. The summed E-state index contributed by atoms with van der Waals surface area (Å²) >= 11 is 12.6. The van der Waals surface area contributed by atoms with Crippen LogP contribution in [0.25, 0.3) is 0 Å². The summed E-state index contributed by atoms with van der Waals surface area (Å²) in [7, 11) is 0. The lowest BCUT2D eigenvalue weighted by Crippen LogP contribution is -2.14. The Morgan fingerprint density at radius 1 is 1.00 bits per heavy atom. The third-order valence-electron chi connectivity index (χ3n) is 3.45. The van der Waals surface area contributed by atoms with Gasteiger partial charge in [-0.25, -0.2) is 0 Å². The minimum absolute atomic E-state index is 0. The van der Waals surface area contributed by atoms with Crippen LogP contribution in [0.2, 0.25) is 10.0 Å². The van der Waals surface area contributed by atoms with Crippen molar-refractivity contribution in [3.63, 3.8) is 0 Å². The maximum absolute atomic E-state index is 6.42. The van der Waals surface area contributed by atoms with Crippen LogP contribution in [0.4, 0.5) is 0 Å². The largest absolute Gasteiger partial charge is 0.490 e. The summed E-state index contributed by atoms with van der Waals surface area (Å²) in [6, 6.07) is 11.5. The van der Waals surface area contributed by atoms with Gasteiger partial charge in [0.2, 0.25) is 0 Å². The van der Waals surface area contributed by atoms with Crippen LogP contribution in [0.1, 0.15) is 31.4 Å². The Morgan fingerprint density at radius 2 is 1.76 bits per heavy atom. The molecule has 3 nitrogen and oxygen atoms in total. The van der Waals surface area contributed by atoms with Crippen molar-refractivity contribution in [2.75, 3.05) is 13.2 Å². The van der Waals surface area contributed by atoms with Gasteiger partial charge in [-0.3, -0.25) is 0 Å². The zero-order valence-corrected chi connectivity index (χ0v) is 16.8. The first-order chi connectivity index (χ1) is 11.7. The molecule has 2 rings (SSSR count). The van der Waals surface area contributed by atoms with E-state index < -0.39 is 0 Å². The number of benzene rings is 2. The van der Waals surface area contributed by atoms with Gasteiger partial charge < -0.3 is 14.8 Å². The molecule has 2 aromatic carbocycles. The van der Waals surface area contributed by atoms with E-state index in [1.54, 1.807) is 0 Å². The van der Waals surface area contributed by atoms with Crippen molar-refractivity contribution in [3.8, 4) is 11.5 Å². The topological polar surface area (TPSA) is 30.5 Å². The molecule has 0 aliphatic heterocycles. The molecule has 0 saturated heterocycles. The second-order valence-electron chi connectivity index (χ2n) is 5.39. The van der Waals surface area contributed by atoms with Crippen LogP contribution in [-0.2, 0) is 13.2 Å². The molecular formula is C19H24Cl3NO2. The first-order valence-corrected chi connectivity index (χ1v) is 8.93. The van der Waals surface area contributed by atoms with Gasteiger partial charge >= 0.3 is 0 Å². The molecule has 0 aliphatic rings. The lowest BCUT2D eigenvalue weighted by molar-refractivity contribution is 0.269. The highest BCUT2D eigenvalue weighted by atomic mass is 35.5. The van der Waals surface area contributed by atoms with E-state index in [4.69, 9.17) is 32.7 Å². The van der Waals surface area contributed by atoms with Crippen molar-refractivity contribution in [2.45, 2.75) is 33.4 Å². The quantitative estimate of drug-likeness (QED) is 0.528. The van der Waals surface area contributed by atoms with Gasteiger partial charge in [0, 0.05) is 17.1 Å². The summed E-state index contributed by atoms with van der Waals surface area (Å²) in [5, 5.41) is 4.58. The third-order valence-corrected chi connectivity index (χ3v) is 4.10. The van der Waals surface area contributed by atoms with Crippen LogP contribution >= 0.6 is 35.6 Å². The normalized spacial score (nSPS) is 10.2. The Labute approximate surface area is 166 Å². The van der Waals surface area contributed by atoms with Gasteiger partial charge in [0.05, 0.1) is 11.6 Å². The lowest BCUT2D eigenvalue weighted by Gasteiger charge is -2.16. The first-order valence-electron chi connectivity index (χ1n) is 8.17. The van der Waals surface area contributed by atoms with Crippen molar-refractivity contribution < 1.29 is 9.47 Å². The van der Waals surface area contributed by atoms with E-state index in [2.05, 4.69) is 12.2 Å². The summed E-state index contributed by atoms with van der Waals surface area (Å²) in [5.41, 5.74) is 1.98. The molecule has 138 valence electrons. The Balaban J connectivity index is 0.00000312. The van der Waals surface area contributed by atoms with E-state index in [9.17, 15) is 0 Å². The molecule has 6 heteroatoms. The molecular weight excluding hydrogens is 381 g/mol. The molecule has 0 aromatic heterocycles. The van der Waals surface area contributed by atoms with E-state index >= 15 is 0 Å². The molecule has 2 aromatic rings. The van der Waals surface area contributed by atoms with Gasteiger partial charge in [0.15, 0.2) is 11.5 Å². The zero-order chi connectivity index (χ0) is 17.4. The van der Waals surface area contributed by atoms with E-state index in [0.29, 0.717) is 34.8 Å². The molecule has 0 atom stereocenters. The Hall–Kier alpha value is -1.13. The highest BCUT2D eigenvalue weighted by molar-refractivity contribution is 6.32. The second kappa shape index (κ2) is 11.5. The maximum atomic E-state index is 6.42. The minimum atomic E-state index is 0. The molecule has 0 unspecified atom stereocenters. The van der Waals surface area contributed by atoms with Gasteiger partial charge in [0.25, 0.3) is 0 Å². The average molecular weight is 405 g/mol. The summed E-state index contributed by atoms with van der Waals surface area (Å²) in [6.45, 7) is 6.67. The minimum Gasteiger partial charge on any atom is -0.490 e. The Kier molecular flexibility index (Phi) is 10.1. The van der Waals surface area contributed by atoms with E-state index in [1.165, 1.54) is 0 Å². The van der Waals surface area contributed by atoms with Gasteiger partial charge in [0.1, 0.15) is 6.61 Å². The molecule has 0 radical (unpaired) electrons. The van der Waals surface area contributed by atoms with Crippen LogP contribution in [0.5, 0.6) is 11.5 Å². The predicted molar refractivity (Wildman–Crippen MR) is 108 cm³/mol. The number of rotatable bonds is 9. The third kappa shape index (κ3) is 6.59. The monoisotopic (exact) mass is 403 g/mol. The number of ether oxygens (including phenoxy) is 2. The van der Waals surface area contributed by atoms with Crippen LogP contribution in [-0.4, -0.2) is 13.2 Å². The van der Waals surface area contributed by atoms with Crippen LogP contribution in [0, 0.1) is 0 Å². The summed E-state index contributed by atoms with van der Waals surface area (Å²) in [4.78, 5) is 0. The SMILES string of the molecule is CCCNCc1cc(Cl)c(OCc2ccccc2Cl)c(OCC)c1.Cl. The highest BCUT2D eigenvalue weighted by Crippen LogP contribution is 2.37. The summed E-state index contributed by atoms with van der Waals surface area (Å²) in [6.07, 6.45) is 1.09. The fraction of sp³-hybridized carbons (Fsp3) is 0.368. The van der Waals surface area contributed by atoms with Crippen molar-refractivity contribution in [1.29, 1.82) is 0 Å². The molecule has 0 saturated carbocycles. The first kappa shape index (κ1) is 21.9. The van der Waals surface area contributed by atoms with Crippen molar-refractivity contribution in [2.24, 2.45) is 0 Å². The molecule has 1 N–H and O–H groups in total. The highest BCUT2D eigenvalue weighted by Gasteiger charge is 2.13. The molecule has 0 heterocycles. The van der Waals surface area contributed by atoms with Gasteiger partial charge in [-0.1, -0.05) is 48.3 Å². The van der Waals surface area contributed by atoms with Crippen molar-refractivity contribution in [1.82, 2.24) is 5.32 Å². The van der Waals surface area contributed by atoms with Crippen LogP contribution in [0.3, 0.4) is 0 Å². The molecule has 0 aliphatic carbocycles. The van der Waals surface area contributed by atoms with Crippen LogP contribution in [0.15, 0.2) is 36.4 Å². The van der Waals surface area contributed by atoms with Crippen molar-refractivity contribution >= 4 is 35.6 Å². The van der Waals surface area contributed by atoms with E-state index in [-0.39, 0.29) is 12.4 Å². The van der Waals surface area contributed by atoms with Crippen LogP contribution < -0.4 is 14.8 Å². The van der Waals surface area contributed by atoms with Crippen molar-refractivity contribution in [3.05, 3.63) is 57.6 Å². The van der Waals surface area contributed by atoms with Gasteiger partial charge in [-0.15, -0.1) is 12.4 Å². The zero-order valence-electron chi connectivity index (χ0n) is 14.5. The Bertz CT molecular complexity index is 665. The summed E-state index contributed by atoms with van der Waals surface area (Å²) < 4.78 is 11.6. The van der Waals surface area contributed by atoms with E-state index in [1.807, 2.05) is 43.3 Å². The summed E-state index contributed by atoms with van der Waals surface area (Å²) in [5.74, 6) is 1.21. The smallest absolute Gasteiger partial charge is 0.180 e. The van der Waals surface area contributed by atoms with E-state index in [0.717, 1.165) is 30.6 Å². The fourth-order valence-corrected chi connectivity index (χ4v) is 2.78. The number of hydrogen-bond acceptors (Lipinski definition) is 3. The second-order valence-corrected chi connectivity index (χ2v) is 6.21. The van der Waals surface area contributed by atoms with Gasteiger partial charge in [-0.2, -0.15) is 0 Å². The molecule has 0 bridgehead atoms. The maximum Gasteiger partial charge on any atom is 0.180 e. The average Bonchev–Trinajstić information content (AvgIpc) is 2.56. The molecule has 0 spiro atoms. The standard InChI is InChI=1S/C19H23Cl2NO2.ClH/c1-3-9-22-12-14-10-17(21)19(18(11-14)23-4-2)24-13-15-7-5-6-8-16(15)20;/h5-8,10-11,22H,3-4,9,12-13H2,1-2H3;1H. The number of nitrogens with one attached hydrogen (secondary N) is 1. The number of hydrogen-bond donors (Lipinski definition) is 1. The molecule has 0 amide bonds. The molecule has 0 fully saturated rings. The fourth-order valence-electron chi connectivity index (χ4n) is 2.30. The Morgan fingerprint density at radius 3 is 2.44 bits per heavy atom. The molecule has 25 heavy (non-hydrogen) atoms. The predicted octanol–water partition coefficient (Wildman–Crippen LogP) is 5.89. The lowest BCUT2D eigenvalue weighted by atomic mass is 10.2. The van der Waals surface area contributed by atoms with Gasteiger partial charge in [-0.05, 0) is 43.7 Å².